The third-order valence-electron chi connectivity index (χ3n) is 3.38. The predicted molar refractivity (Wildman–Crippen MR) is 80.8 cm³/mol. The Bertz CT molecular complexity index is 376. The molecule has 0 spiro atoms. The number of thioether (sulfide) groups is 1. The number of hydrogen-bond acceptors (Lipinski definition) is 3. The highest BCUT2D eigenvalue weighted by molar-refractivity contribution is 9.10. The molecule has 0 bridgehead atoms. The Balaban J connectivity index is 2.12. The average molecular weight is 315 g/mol. The van der Waals surface area contributed by atoms with Gasteiger partial charge in [-0.2, -0.15) is 11.8 Å². The number of hydrogen-bond donors (Lipinski definition) is 1. The standard InChI is InChI=1S/C13H19BrN2S/c1-17-12-4-6-16(7-5-12)13-3-2-11(14)8-10(13)9-15/h2-3,8,12H,4-7,9,15H2,1H3. The number of nitrogens with zero attached hydrogens (tertiary/aromatic N) is 1. The maximum absolute atomic E-state index is 5.83. The summed E-state index contributed by atoms with van der Waals surface area (Å²) in [7, 11) is 0. The highest BCUT2D eigenvalue weighted by Crippen LogP contribution is 2.29. The zero-order chi connectivity index (χ0) is 12.3. The quantitative estimate of drug-likeness (QED) is 0.928. The highest BCUT2D eigenvalue weighted by Gasteiger charge is 2.19. The van der Waals surface area contributed by atoms with Crippen molar-refractivity contribution < 1.29 is 0 Å². The number of anilines is 1. The van der Waals surface area contributed by atoms with E-state index in [4.69, 9.17) is 5.73 Å². The Morgan fingerprint density at radius 3 is 2.71 bits per heavy atom. The molecule has 0 amide bonds. The lowest BCUT2D eigenvalue weighted by Gasteiger charge is -2.34. The van der Waals surface area contributed by atoms with Gasteiger partial charge in [0.15, 0.2) is 0 Å². The number of halogens is 1. The van der Waals surface area contributed by atoms with E-state index < -0.39 is 0 Å². The zero-order valence-corrected chi connectivity index (χ0v) is 12.6. The van der Waals surface area contributed by atoms with Gasteiger partial charge in [0.05, 0.1) is 0 Å². The van der Waals surface area contributed by atoms with Crippen LogP contribution in [-0.2, 0) is 6.54 Å². The normalized spacial score (nSPS) is 17.5. The van der Waals surface area contributed by atoms with Crippen LogP contribution in [0.5, 0.6) is 0 Å². The van der Waals surface area contributed by atoms with Crippen molar-refractivity contribution in [2.45, 2.75) is 24.6 Å². The molecular formula is C13H19BrN2S. The predicted octanol–water partition coefficient (Wildman–Crippen LogP) is 3.24. The smallest absolute Gasteiger partial charge is 0.0412 e. The van der Waals surface area contributed by atoms with E-state index in [1.807, 2.05) is 11.8 Å². The summed E-state index contributed by atoms with van der Waals surface area (Å²) in [6, 6.07) is 6.43. The van der Waals surface area contributed by atoms with Gasteiger partial charge in [-0.3, -0.25) is 0 Å². The zero-order valence-electron chi connectivity index (χ0n) is 10.2. The van der Waals surface area contributed by atoms with E-state index in [-0.39, 0.29) is 0 Å². The molecule has 0 aliphatic carbocycles. The Morgan fingerprint density at radius 2 is 2.12 bits per heavy atom. The molecule has 0 aromatic heterocycles. The Morgan fingerprint density at radius 1 is 1.41 bits per heavy atom. The molecule has 0 unspecified atom stereocenters. The summed E-state index contributed by atoms with van der Waals surface area (Å²) in [6.07, 6.45) is 4.77. The fourth-order valence-corrected chi connectivity index (χ4v) is 3.45. The van der Waals surface area contributed by atoms with Gasteiger partial charge in [-0.25, -0.2) is 0 Å². The summed E-state index contributed by atoms with van der Waals surface area (Å²) >= 11 is 5.50. The molecular weight excluding hydrogens is 296 g/mol. The van der Waals surface area contributed by atoms with E-state index in [9.17, 15) is 0 Å². The summed E-state index contributed by atoms with van der Waals surface area (Å²) in [5.74, 6) is 0. The molecule has 4 heteroatoms. The van der Waals surface area contributed by atoms with Crippen LogP contribution >= 0.6 is 27.7 Å². The van der Waals surface area contributed by atoms with Gasteiger partial charge in [0.25, 0.3) is 0 Å². The van der Waals surface area contributed by atoms with Gasteiger partial charge in [0.1, 0.15) is 0 Å². The van der Waals surface area contributed by atoms with Crippen LogP contribution in [0.15, 0.2) is 22.7 Å². The van der Waals surface area contributed by atoms with E-state index in [1.165, 1.54) is 24.1 Å². The average Bonchev–Trinajstić information content (AvgIpc) is 2.39. The van der Waals surface area contributed by atoms with Crippen molar-refractivity contribution in [1.82, 2.24) is 0 Å². The molecule has 1 aromatic rings. The van der Waals surface area contributed by atoms with Gasteiger partial charge in [0, 0.05) is 35.0 Å². The first kappa shape index (κ1) is 13.2. The highest BCUT2D eigenvalue weighted by atomic mass is 79.9. The van der Waals surface area contributed by atoms with Crippen LogP contribution in [0.1, 0.15) is 18.4 Å². The first-order chi connectivity index (χ1) is 8.24. The van der Waals surface area contributed by atoms with Crippen LogP contribution in [0, 0.1) is 0 Å². The number of rotatable bonds is 3. The van der Waals surface area contributed by atoms with Gasteiger partial charge >= 0.3 is 0 Å². The van der Waals surface area contributed by atoms with Gasteiger partial charge in [-0.15, -0.1) is 0 Å². The molecule has 1 fully saturated rings. The molecule has 1 saturated heterocycles. The van der Waals surface area contributed by atoms with E-state index in [1.54, 1.807) is 0 Å². The Kier molecular flexibility index (Phi) is 4.77. The fourth-order valence-electron chi connectivity index (χ4n) is 2.36. The number of piperidine rings is 1. The van der Waals surface area contributed by atoms with Crippen LogP contribution in [0.3, 0.4) is 0 Å². The second kappa shape index (κ2) is 6.12. The first-order valence-electron chi connectivity index (χ1n) is 6.01. The Hall–Kier alpha value is -0.190. The van der Waals surface area contributed by atoms with Crippen molar-refractivity contribution >= 4 is 33.4 Å². The molecule has 2 nitrogen and oxygen atoms in total. The van der Waals surface area contributed by atoms with E-state index in [0.29, 0.717) is 6.54 Å². The van der Waals surface area contributed by atoms with Crippen molar-refractivity contribution in [1.29, 1.82) is 0 Å². The third-order valence-corrected chi connectivity index (χ3v) is 5.01. The largest absolute Gasteiger partial charge is 0.371 e. The maximum atomic E-state index is 5.83. The molecule has 1 heterocycles. The SMILES string of the molecule is CSC1CCN(c2ccc(Br)cc2CN)CC1. The third kappa shape index (κ3) is 3.18. The number of benzene rings is 1. The molecule has 94 valence electrons. The van der Waals surface area contributed by atoms with Crippen LogP contribution < -0.4 is 10.6 Å². The van der Waals surface area contributed by atoms with Crippen LogP contribution in [0.2, 0.25) is 0 Å². The van der Waals surface area contributed by atoms with E-state index in [2.05, 4.69) is 45.3 Å². The molecule has 1 aliphatic rings. The van der Waals surface area contributed by atoms with Crippen LogP contribution in [0.4, 0.5) is 5.69 Å². The van der Waals surface area contributed by atoms with Gasteiger partial charge in [-0.1, -0.05) is 15.9 Å². The first-order valence-corrected chi connectivity index (χ1v) is 8.09. The molecule has 0 radical (unpaired) electrons. The summed E-state index contributed by atoms with van der Waals surface area (Å²) in [5, 5.41) is 0.836. The Labute approximate surface area is 116 Å². The van der Waals surface area contributed by atoms with Gasteiger partial charge in [-0.05, 0) is 42.9 Å². The summed E-state index contributed by atoms with van der Waals surface area (Å²) < 4.78 is 1.11. The fraction of sp³-hybridized carbons (Fsp3) is 0.538. The molecule has 2 N–H and O–H groups in total. The molecule has 0 atom stereocenters. The molecule has 1 aromatic carbocycles. The second-order valence-electron chi connectivity index (χ2n) is 4.40. The minimum atomic E-state index is 0.608. The summed E-state index contributed by atoms with van der Waals surface area (Å²) in [5.41, 5.74) is 8.38. The maximum Gasteiger partial charge on any atom is 0.0412 e. The monoisotopic (exact) mass is 314 g/mol. The number of nitrogens with two attached hydrogens (primary N) is 1. The van der Waals surface area contributed by atoms with Crippen LogP contribution in [0.25, 0.3) is 0 Å². The van der Waals surface area contributed by atoms with Crippen molar-refractivity contribution in [2.75, 3.05) is 24.2 Å². The van der Waals surface area contributed by atoms with Crippen molar-refractivity contribution in [3.63, 3.8) is 0 Å². The minimum absolute atomic E-state index is 0.608. The topological polar surface area (TPSA) is 29.3 Å². The lowest BCUT2D eigenvalue weighted by molar-refractivity contribution is 0.590. The van der Waals surface area contributed by atoms with Crippen molar-refractivity contribution in [3.05, 3.63) is 28.2 Å². The van der Waals surface area contributed by atoms with E-state index >= 15 is 0 Å². The van der Waals surface area contributed by atoms with E-state index in [0.717, 1.165) is 22.8 Å². The molecule has 1 aliphatic heterocycles. The molecule has 17 heavy (non-hydrogen) atoms. The lowest BCUT2D eigenvalue weighted by atomic mass is 10.1. The lowest BCUT2D eigenvalue weighted by Crippen LogP contribution is -2.35. The van der Waals surface area contributed by atoms with Crippen molar-refractivity contribution in [2.24, 2.45) is 5.73 Å². The second-order valence-corrected chi connectivity index (χ2v) is 6.45. The molecule has 0 saturated carbocycles. The van der Waals surface area contributed by atoms with Crippen molar-refractivity contribution in [3.8, 4) is 0 Å². The van der Waals surface area contributed by atoms with Crippen LogP contribution in [-0.4, -0.2) is 24.6 Å². The minimum Gasteiger partial charge on any atom is -0.371 e. The van der Waals surface area contributed by atoms with Gasteiger partial charge < -0.3 is 10.6 Å². The summed E-state index contributed by atoms with van der Waals surface area (Å²) in [6.45, 7) is 2.91. The summed E-state index contributed by atoms with van der Waals surface area (Å²) in [4.78, 5) is 2.47. The van der Waals surface area contributed by atoms with Gasteiger partial charge in [0.2, 0.25) is 0 Å². The molecule has 2 rings (SSSR count).